The van der Waals surface area contributed by atoms with Gasteiger partial charge in [-0.15, -0.1) is 0 Å². The second kappa shape index (κ2) is 11.7. The Kier molecular flexibility index (Phi) is 7.78. The van der Waals surface area contributed by atoms with Crippen LogP contribution in [0.25, 0.3) is 0 Å². The van der Waals surface area contributed by atoms with E-state index in [0.29, 0.717) is 46.8 Å². The van der Waals surface area contributed by atoms with E-state index in [1.807, 2.05) is 48.0 Å². The number of likely N-dealkylation sites (tertiary alicyclic amines) is 1. The molecule has 42 heavy (non-hydrogen) atoms. The molecule has 222 valence electrons. The molecule has 0 unspecified atom stereocenters. The van der Waals surface area contributed by atoms with E-state index < -0.39 is 0 Å². The Morgan fingerprint density at radius 3 is 2.48 bits per heavy atom. The monoisotopic (exact) mass is 573 g/mol. The first-order valence-electron chi connectivity index (χ1n) is 14.7. The first-order valence-corrected chi connectivity index (χ1v) is 14.7. The first kappa shape index (κ1) is 28.0. The lowest BCUT2D eigenvalue weighted by atomic mass is 10.0. The number of nitrogens with one attached hydrogen (secondary N) is 1. The summed E-state index contributed by atoms with van der Waals surface area (Å²) in [7, 11) is 5.78. The van der Waals surface area contributed by atoms with Crippen LogP contribution in [0.4, 0.5) is 28.6 Å². The number of likely N-dealkylation sites (N-methyl/N-ethyl adjacent to an activating group) is 1. The van der Waals surface area contributed by atoms with Gasteiger partial charge in [-0.05, 0) is 45.0 Å². The van der Waals surface area contributed by atoms with Crippen molar-refractivity contribution in [1.82, 2.24) is 19.7 Å². The summed E-state index contributed by atoms with van der Waals surface area (Å²) >= 11 is 0. The number of carbonyl (C=O) groups is 2. The molecule has 0 atom stereocenters. The lowest BCUT2D eigenvalue weighted by molar-refractivity contribution is 0.0518. The second-order valence-electron chi connectivity index (χ2n) is 11.2. The molecular weight excluding hydrogens is 534 g/mol. The molecule has 6 rings (SSSR count). The van der Waals surface area contributed by atoms with Gasteiger partial charge in [-0.1, -0.05) is 0 Å². The number of nitrogens with zero attached hydrogens (tertiary/aromatic N) is 6. The minimum absolute atomic E-state index is 0.0349. The van der Waals surface area contributed by atoms with Crippen LogP contribution in [-0.2, 0) is 0 Å². The summed E-state index contributed by atoms with van der Waals surface area (Å²) < 4.78 is 11.4. The summed E-state index contributed by atoms with van der Waals surface area (Å²) in [6.45, 7) is 8.35. The topological polar surface area (TPSA) is 97.6 Å². The fourth-order valence-electron chi connectivity index (χ4n) is 6.13. The molecule has 5 heterocycles. The predicted molar refractivity (Wildman–Crippen MR) is 163 cm³/mol. The normalized spacial score (nSPS) is 18.5. The van der Waals surface area contributed by atoms with Gasteiger partial charge >= 0.3 is 0 Å². The average Bonchev–Trinajstić information content (AvgIpc) is 3.49. The number of piperazine rings is 1. The summed E-state index contributed by atoms with van der Waals surface area (Å²) in [5, 5.41) is 3.36. The highest BCUT2D eigenvalue weighted by atomic mass is 16.5. The number of anilines is 5. The zero-order chi connectivity index (χ0) is 29.4. The number of piperidine rings is 1. The quantitative estimate of drug-likeness (QED) is 0.469. The van der Waals surface area contributed by atoms with Gasteiger partial charge in [0.2, 0.25) is 5.76 Å². The smallest absolute Gasteiger partial charge is 0.296 e. The summed E-state index contributed by atoms with van der Waals surface area (Å²) in [5.74, 6) is 1.26. The third-order valence-corrected chi connectivity index (χ3v) is 8.69. The van der Waals surface area contributed by atoms with Crippen LogP contribution in [0.5, 0.6) is 5.75 Å². The Labute approximate surface area is 246 Å². The fourth-order valence-corrected chi connectivity index (χ4v) is 6.13. The van der Waals surface area contributed by atoms with Crippen molar-refractivity contribution >= 4 is 40.4 Å². The highest BCUT2D eigenvalue weighted by Crippen LogP contribution is 2.41. The highest BCUT2D eigenvalue weighted by molar-refractivity contribution is 6.11. The van der Waals surface area contributed by atoms with Crippen LogP contribution in [0, 0.1) is 0 Å². The van der Waals surface area contributed by atoms with E-state index in [1.54, 1.807) is 19.3 Å². The number of ether oxygens (including phenoxy) is 1. The van der Waals surface area contributed by atoms with Crippen molar-refractivity contribution in [1.29, 1.82) is 0 Å². The van der Waals surface area contributed by atoms with E-state index in [0.717, 1.165) is 57.8 Å². The number of benzene rings is 1. The molecule has 2 aromatic heterocycles. The van der Waals surface area contributed by atoms with Gasteiger partial charge in [0, 0.05) is 77.1 Å². The lowest BCUT2D eigenvalue weighted by Crippen LogP contribution is -2.52. The van der Waals surface area contributed by atoms with Gasteiger partial charge in [0.1, 0.15) is 11.6 Å². The maximum Gasteiger partial charge on any atom is 0.296 e. The number of amides is 2. The Hall–Kier alpha value is -4.09. The van der Waals surface area contributed by atoms with Crippen molar-refractivity contribution in [2.45, 2.75) is 25.8 Å². The van der Waals surface area contributed by atoms with Crippen molar-refractivity contribution in [2.75, 3.05) is 82.1 Å². The summed E-state index contributed by atoms with van der Waals surface area (Å²) in [6.07, 6.45) is 5.20. The molecule has 3 aromatic rings. The summed E-state index contributed by atoms with van der Waals surface area (Å²) in [5.41, 5.74) is 3.48. The number of aromatic nitrogens is 1. The number of fused-ring (bicyclic) bond motifs is 2. The lowest BCUT2D eigenvalue weighted by Gasteiger charge is -2.42. The predicted octanol–water partition coefficient (Wildman–Crippen LogP) is 4.03. The molecular formula is C31H39N7O4. The minimum Gasteiger partial charge on any atom is -0.492 e. The Morgan fingerprint density at radius 2 is 1.74 bits per heavy atom. The van der Waals surface area contributed by atoms with Crippen LogP contribution < -0.4 is 19.9 Å². The van der Waals surface area contributed by atoms with Crippen LogP contribution in [0.3, 0.4) is 0 Å². The number of rotatable bonds is 6. The number of hydrogen-bond donors (Lipinski definition) is 1. The van der Waals surface area contributed by atoms with Crippen molar-refractivity contribution in [3.05, 3.63) is 54.1 Å². The molecule has 1 aromatic carbocycles. The van der Waals surface area contributed by atoms with Crippen molar-refractivity contribution in [2.24, 2.45) is 0 Å². The van der Waals surface area contributed by atoms with E-state index in [2.05, 4.69) is 27.1 Å². The number of furan rings is 1. The molecule has 0 saturated carbocycles. The number of pyridine rings is 1. The Morgan fingerprint density at radius 1 is 0.976 bits per heavy atom. The van der Waals surface area contributed by atoms with Gasteiger partial charge < -0.3 is 34.1 Å². The molecule has 2 fully saturated rings. The van der Waals surface area contributed by atoms with Crippen molar-refractivity contribution in [3.8, 4) is 5.75 Å². The van der Waals surface area contributed by atoms with Gasteiger partial charge in [0.05, 0.1) is 41.8 Å². The van der Waals surface area contributed by atoms with Gasteiger partial charge in [-0.25, -0.2) is 4.98 Å². The van der Waals surface area contributed by atoms with Crippen LogP contribution in [-0.4, -0.2) is 105 Å². The van der Waals surface area contributed by atoms with E-state index in [1.165, 1.54) is 11.2 Å². The molecule has 2 saturated heterocycles. The van der Waals surface area contributed by atoms with Crippen LogP contribution in [0.2, 0.25) is 0 Å². The highest BCUT2D eigenvalue weighted by Gasteiger charge is 2.31. The molecule has 11 heteroatoms. The molecule has 2 amide bonds. The van der Waals surface area contributed by atoms with Crippen LogP contribution >= 0.6 is 0 Å². The van der Waals surface area contributed by atoms with Crippen LogP contribution in [0.15, 0.2) is 47.2 Å². The van der Waals surface area contributed by atoms with E-state index >= 15 is 0 Å². The molecule has 0 spiro atoms. The molecule has 1 N–H and O–H groups in total. The summed E-state index contributed by atoms with van der Waals surface area (Å²) in [6, 6.07) is 9.76. The number of carbonyl (C=O) groups excluding carboxylic acids is 2. The van der Waals surface area contributed by atoms with E-state index in [9.17, 15) is 9.59 Å². The Bertz CT molecular complexity index is 1460. The molecule has 11 nitrogen and oxygen atoms in total. The van der Waals surface area contributed by atoms with Gasteiger partial charge in [0.25, 0.3) is 11.8 Å². The average molecular weight is 574 g/mol. The first-order chi connectivity index (χ1) is 20.3. The molecule has 0 aliphatic carbocycles. The Balaban J connectivity index is 1.17. The van der Waals surface area contributed by atoms with Crippen LogP contribution in [0.1, 0.15) is 40.7 Å². The van der Waals surface area contributed by atoms with Crippen molar-refractivity contribution < 1.29 is 18.7 Å². The zero-order valence-corrected chi connectivity index (χ0v) is 24.8. The third-order valence-electron chi connectivity index (χ3n) is 8.69. The molecule has 3 aliphatic rings. The SMILES string of the molecule is CCOc1cc(C(=O)N2CCC(N3CCN(C)CC3)CC2)ccc1Nc1cc2c(cn1)N(C)C(=O)c1occc1N2C. The molecule has 0 radical (unpaired) electrons. The fraction of sp³-hybridized carbons (Fsp3) is 0.452. The molecule has 0 bridgehead atoms. The third kappa shape index (κ3) is 5.30. The number of hydrogen-bond acceptors (Lipinski definition) is 9. The maximum absolute atomic E-state index is 13.5. The van der Waals surface area contributed by atoms with Crippen molar-refractivity contribution in [3.63, 3.8) is 0 Å². The largest absolute Gasteiger partial charge is 0.492 e. The van der Waals surface area contributed by atoms with E-state index in [-0.39, 0.29) is 17.6 Å². The zero-order valence-electron chi connectivity index (χ0n) is 24.8. The summed E-state index contributed by atoms with van der Waals surface area (Å²) in [4.78, 5) is 41.4. The maximum atomic E-state index is 13.5. The second-order valence-corrected chi connectivity index (χ2v) is 11.2. The van der Waals surface area contributed by atoms with Gasteiger partial charge in [-0.2, -0.15) is 0 Å². The minimum atomic E-state index is -0.231. The molecule has 3 aliphatic heterocycles. The van der Waals surface area contributed by atoms with Gasteiger partial charge in [-0.3, -0.25) is 14.5 Å². The van der Waals surface area contributed by atoms with E-state index in [4.69, 9.17) is 9.15 Å². The van der Waals surface area contributed by atoms with Gasteiger partial charge in [0.15, 0.2) is 0 Å². The standard InChI is InChI=1S/C31H39N7O4/c1-5-41-27-18-21(30(39)38-11-8-22(9-12-38)37-15-13-34(2)14-16-37)6-7-23(27)33-28-19-25-26(20-32-28)36(4)31(40)29-24(35(25)3)10-17-42-29/h6-7,10,17-20,22H,5,8-9,11-16H2,1-4H3,(H,32,33).